The fraction of sp³-hybridized carbons (Fsp3) is 0.368. The van der Waals surface area contributed by atoms with Crippen LogP contribution in [0.3, 0.4) is 0 Å². The van der Waals surface area contributed by atoms with Crippen LogP contribution < -0.4 is 5.32 Å². The van der Waals surface area contributed by atoms with Crippen LogP contribution in [0.4, 0.5) is 0 Å². The van der Waals surface area contributed by atoms with Gasteiger partial charge in [-0.15, -0.1) is 0 Å². The molecule has 1 nitrogen and oxygen atoms in total. The lowest BCUT2D eigenvalue weighted by Gasteiger charge is -2.24. The van der Waals surface area contributed by atoms with Crippen LogP contribution in [0.2, 0.25) is 5.02 Å². The summed E-state index contributed by atoms with van der Waals surface area (Å²) < 4.78 is 0. The standard InChI is InChI=1S/C19H24ClN/c1-5-11-21-19(16-7-6-8-18(20)15(16)4)17-12-13(2)9-10-14(17)3/h6-10,12,19,21H,5,11H2,1-4H3. The second kappa shape index (κ2) is 7.11. The number of nitrogens with one attached hydrogen (secondary N) is 1. The van der Waals surface area contributed by atoms with Gasteiger partial charge in [0.25, 0.3) is 0 Å². The average molecular weight is 302 g/mol. The maximum Gasteiger partial charge on any atom is 0.0582 e. The van der Waals surface area contributed by atoms with E-state index >= 15 is 0 Å². The molecule has 0 heterocycles. The Morgan fingerprint density at radius 2 is 1.81 bits per heavy atom. The Morgan fingerprint density at radius 1 is 1.05 bits per heavy atom. The van der Waals surface area contributed by atoms with Gasteiger partial charge in [0.05, 0.1) is 6.04 Å². The maximum atomic E-state index is 6.32. The van der Waals surface area contributed by atoms with Gasteiger partial charge in [0.2, 0.25) is 0 Å². The van der Waals surface area contributed by atoms with Crippen LogP contribution in [0.5, 0.6) is 0 Å². The highest BCUT2D eigenvalue weighted by Gasteiger charge is 2.18. The van der Waals surface area contributed by atoms with Crippen LogP contribution in [0.25, 0.3) is 0 Å². The summed E-state index contributed by atoms with van der Waals surface area (Å²) in [4.78, 5) is 0. The second-order valence-corrected chi connectivity index (χ2v) is 6.11. The second-order valence-electron chi connectivity index (χ2n) is 5.70. The third-order valence-electron chi connectivity index (χ3n) is 3.96. The molecule has 21 heavy (non-hydrogen) atoms. The number of halogens is 1. The topological polar surface area (TPSA) is 12.0 Å². The zero-order chi connectivity index (χ0) is 15.4. The highest BCUT2D eigenvalue weighted by Crippen LogP contribution is 2.31. The monoisotopic (exact) mass is 301 g/mol. The van der Waals surface area contributed by atoms with E-state index in [0.717, 1.165) is 23.6 Å². The summed E-state index contributed by atoms with van der Waals surface area (Å²) in [5, 5.41) is 4.51. The zero-order valence-electron chi connectivity index (χ0n) is 13.3. The van der Waals surface area contributed by atoms with Gasteiger partial charge in [-0.3, -0.25) is 0 Å². The highest BCUT2D eigenvalue weighted by atomic mass is 35.5. The molecule has 0 aliphatic heterocycles. The molecule has 0 radical (unpaired) electrons. The van der Waals surface area contributed by atoms with Crippen molar-refractivity contribution < 1.29 is 0 Å². The minimum Gasteiger partial charge on any atom is -0.306 e. The largest absolute Gasteiger partial charge is 0.306 e. The van der Waals surface area contributed by atoms with E-state index in [2.05, 4.69) is 57.3 Å². The Hall–Kier alpha value is -1.31. The molecular formula is C19H24ClN. The molecule has 2 heteroatoms. The Kier molecular flexibility index (Phi) is 5.44. The third-order valence-corrected chi connectivity index (χ3v) is 4.37. The quantitative estimate of drug-likeness (QED) is 0.784. The molecule has 112 valence electrons. The van der Waals surface area contributed by atoms with E-state index in [1.807, 2.05) is 12.1 Å². The first-order valence-corrected chi connectivity index (χ1v) is 7.98. The summed E-state index contributed by atoms with van der Waals surface area (Å²) in [6.45, 7) is 9.60. The maximum absolute atomic E-state index is 6.32. The molecule has 1 N–H and O–H groups in total. The molecular weight excluding hydrogens is 278 g/mol. The minimum absolute atomic E-state index is 0.198. The molecule has 0 amide bonds. The first-order chi connectivity index (χ1) is 10.0. The Balaban J connectivity index is 2.52. The van der Waals surface area contributed by atoms with Gasteiger partial charge >= 0.3 is 0 Å². The van der Waals surface area contributed by atoms with Crippen molar-refractivity contribution in [2.24, 2.45) is 0 Å². The predicted molar refractivity (Wildman–Crippen MR) is 92.2 cm³/mol. The smallest absolute Gasteiger partial charge is 0.0582 e. The molecule has 2 rings (SSSR count). The van der Waals surface area contributed by atoms with E-state index in [9.17, 15) is 0 Å². The summed E-state index contributed by atoms with van der Waals surface area (Å²) in [7, 11) is 0. The van der Waals surface area contributed by atoms with Crippen molar-refractivity contribution in [3.05, 3.63) is 69.2 Å². The Morgan fingerprint density at radius 3 is 2.52 bits per heavy atom. The number of hydrogen-bond donors (Lipinski definition) is 1. The van der Waals surface area contributed by atoms with Crippen LogP contribution in [0.1, 0.15) is 47.2 Å². The van der Waals surface area contributed by atoms with E-state index in [4.69, 9.17) is 11.6 Å². The number of hydrogen-bond acceptors (Lipinski definition) is 1. The molecule has 0 aliphatic rings. The number of rotatable bonds is 5. The summed E-state index contributed by atoms with van der Waals surface area (Å²) in [6, 6.07) is 13.0. The first kappa shape index (κ1) is 16.1. The molecule has 0 aliphatic carbocycles. The van der Waals surface area contributed by atoms with Crippen molar-refractivity contribution in [3.63, 3.8) is 0 Å². The number of benzene rings is 2. The fourth-order valence-corrected chi connectivity index (χ4v) is 2.87. The van der Waals surface area contributed by atoms with E-state index in [0.29, 0.717) is 0 Å². The molecule has 0 bridgehead atoms. The SMILES string of the molecule is CCCNC(c1cc(C)ccc1C)c1cccc(Cl)c1C. The summed E-state index contributed by atoms with van der Waals surface area (Å²) >= 11 is 6.32. The Labute approximate surface area is 133 Å². The van der Waals surface area contributed by atoms with Crippen LogP contribution >= 0.6 is 11.6 Å². The van der Waals surface area contributed by atoms with Gasteiger partial charge in [0.15, 0.2) is 0 Å². The highest BCUT2D eigenvalue weighted by molar-refractivity contribution is 6.31. The van der Waals surface area contributed by atoms with E-state index in [1.54, 1.807) is 0 Å². The normalized spacial score (nSPS) is 12.4. The first-order valence-electron chi connectivity index (χ1n) is 7.60. The van der Waals surface area contributed by atoms with Crippen molar-refractivity contribution in [1.29, 1.82) is 0 Å². The van der Waals surface area contributed by atoms with Gasteiger partial charge in [-0.2, -0.15) is 0 Å². The molecule has 2 aromatic rings. The molecule has 0 fully saturated rings. The third kappa shape index (κ3) is 3.66. The Bertz CT molecular complexity index is 617. The van der Waals surface area contributed by atoms with Gasteiger partial charge in [-0.05, 0) is 62.1 Å². The predicted octanol–water partition coefficient (Wildman–Crippen LogP) is 5.35. The number of aryl methyl sites for hydroxylation is 2. The van der Waals surface area contributed by atoms with Crippen molar-refractivity contribution >= 4 is 11.6 Å². The molecule has 2 aromatic carbocycles. The molecule has 1 unspecified atom stereocenters. The molecule has 0 spiro atoms. The van der Waals surface area contributed by atoms with Crippen LogP contribution in [0.15, 0.2) is 36.4 Å². The van der Waals surface area contributed by atoms with Crippen LogP contribution in [-0.4, -0.2) is 6.54 Å². The molecule has 0 saturated heterocycles. The van der Waals surface area contributed by atoms with Gasteiger partial charge in [0.1, 0.15) is 0 Å². The summed E-state index contributed by atoms with van der Waals surface area (Å²) in [5.74, 6) is 0. The minimum atomic E-state index is 0.198. The van der Waals surface area contributed by atoms with Gasteiger partial charge in [0, 0.05) is 5.02 Å². The molecule has 0 saturated carbocycles. The van der Waals surface area contributed by atoms with Gasteiger partial charge < -0.3 is 5.32 Å². The lowest BCUT2D eigenvalue weighted by atomic mass is 9.91. The van der Waals surface area contributed by atoms with E-state index in [1.165, 1.54) is 22.3 Å². The van der Waals surface area contributed by atoms with Crippen molar-refractivity contribution in [2.45, 2.75) is 40.2 Å². The van der Waals surface area contributed by atoms with Crippen molar-refractivity contribution in [1.82, 2.24) is 5.32 Å². The average Bonchev–Trinajstić information content (AvgIpc) is 2.47. The molecule has 1 atom stereocenters. The van der Waals surface area contributed by atoms with Crippen molar-refractivity contribution in [3.8, 4) is 0 Å². The summed E-state index contributed by atoms with van der Waals surface area (Å²) in [5.41, 5.74) is 6.37. The molecule has 0 aromatic heterocycles. The fourth-order valence-electron chi connectivity index (χ4n) is 2.68. The zero-order valence-corrected chi connectivity index (χ0v) is 14.1. The van der Waals surface area contributed by atoms with Gasteiger partial charge in [-0.1, -0.05) is 54.4 Å². The lowest BCUT2D eigenvalue weighted by Crippen LogP contribution is -2.24. The summed E-state index contributed by atoms with van der Waals surface area (Å²) in [6.07, 6.45) is 1.11. The van der Waals surface area contributed by atoms with E-state index < -0.39 is 0 Å². The van der Waals surface area contributed by atoms with Crippen LogP contribution in [-0.2, 0) is 0 Å². The van der Waals surface area contributed by atoms with Crippen LogP contribution in [0, 0.1) is 20.8 Å². The van der Waals surface area contributed by atoms with Gasteiger partial charge in [-0.25, -0.2) is 0 Å². The van der Waals surface area contributed by atoms with E-state index in [-0.39, 0.29) is 6.04 Å². The van der Waals surface area contributed by atoms with Crippen molar-refractivity contribution in [2.75, 3.05) is 6.54 Å². The lowest BCUT2D eigenvalue weighted by molar-refractivity contribution is 0.594.